The minimum atomic E-state index is -0.189. The summed E-state index contributed by atoms with van der Waals surface area (Å²) in [6.45, 7) is 4.94. The van der Waals surface area contributed by atoms with Crippen molar-refractivity contribution in [3.8, 4) is 0 Å². The van der Waals surface area contributed by atoms with Crippen LogP contribution in [0.4, 0.5) is 0 Å². The van der Waals surface area contributed by atoms with Crippen LogP contribution in [0, 0.1) is 0 Å². The van der Waals surface area contributed by atoms with Gasteiger partial charge in [-0.2, -0.15) is 0 Å². The van der Waals surface area contributed by atoms with Gasteiger partial charge >= 0.3 is 0 Å². The number of benzene rings is 1. The summed E-state index contributed by atoms with van der Waals surface area (Å²) in [4.78, 5) is 29.8. The Morgan fingerprint density at radius 2 is 1.97 bits per heavy atom. The lowest BCUT2D eigenvalue weighted by atomic mass is 9.98. The first-order valence-corrected chi connectivity index (χ1v) is 10.7. The van der Waals surface area contributed by atoms with Gasteiger partial charge in [0.15, 0.2) is 0 Å². The van der Waals surface area contributed by atoms with Crippen LogP contribution in [0.1, 0.15) is 38.2 Å². The molecule has 3 rings (SSSR count). The van der Waals surface area contributed by atoms with E-state index in [-0.39, 0.29) is 43.7 Å². The van der Waals surface area contributed by atoms with Gasteiger partial charge in [-0.3, -0.25) is 14.5 Å². The van der Waals surface area contributed by atoms with Crippen LogP contribution < -0.4 is 5.32 Å². The molecule has 0 atom stereocenters. The Bertz CT molecular complexity index is 852. The second-order valence-corrected chi connectivity index (χ2v) is 8.55. The summed E-state index contributed by atoms with van der Waals surface area (Å²) in [5.41, 5.74) is 2.63. The number of halogens is 2. The fraction of sp³-hybridized carbons (Fsp3) is 0.429. The van der Waals surface area contributed by atoms with Crippen molar-refractivity contribution in [3.63, 3.8) is 0 Å². The molecule has 2 heterocycles. The van der Waals surface area contributed by atoms with Crippen LogP contribution in [-0.2, 0) is 30.6 Å². The molecule has 29 heavy (non-hydrogen) atoms. The molecular weight excluding hydrogens is 431 g/mol. The predicted molar refractivity (Wildman–Crippen MR) is 120 cm³/mol. The van der Waals surface area contributed by atoms with Crippen LogP contribution >= 0.6 is 35.3 Å². The Labute approximate surface area is 186 Å². The van der Waals surface area contributed by atoms with Gasteiger partial charge in [-0.15, -0.1) is 23.7 Å². The SMILES string of the molecule is CCN1CCc2c(sc(CC(=O)Cc3ccc(Cl)cc3)c2C(=O)NCCO)C1.Cl. The highest BCUT2D eigenvalue weighted by Gasteiger charge is 2.28. The first-order chi connectivity index (χ1) is 13.5. The highest BCUT2D eigenvalue weighted by Crippen LogP contribution is 2.34. The number of nitrogens with zero attached hydrogens (tertiary/aromatic N) is 1. The van der Waals surface area contributed by atoms with Crippen LogP contribution in [0.15, 0.2) is 24.3 Å². The maximum atomic E-state index is 12.7. The number of nitrogens with one attached hydrogen (secondary N) is 1. The summed E-state index contributed by atoms with van der Waals surface area (Å²) >= 11 is 7.48. The van der Waals surface area contributed by atoms with Crippen LogP contribution in [-0.4, -0.2) is 47.9 Å². The van der Waals surface area contributed by atoms with Gasteiger partial charge in [0.1, 0.15) is 5.78 Å². The second-order valence-electron chi connectivity index (χ2n) is 6.92. The normalized spacial score (nSPS) is 13.5. The summed E-state index contributed by atoms with van der Waals surface area (Å²) in [6, 6.07) is 7.27. The molecule has 0 radical (unpaired) electrons. The molecule has 1 aliphatic rings. The average Bonchev–Trinajstić information content (AvgIpc) is 3.04. The average molecular weight is 457 g/mol. The molecule has 5 nitrogen and oxygen atoms in total. The highest BCUT2D eigenvalue weighted by molar-refractivity contribution is 7.12. The minimum absolute atomic E-state index is 0. The van der Waals surface area contributed by atoms with E-state index in [4.69, 9.17) is 16.7 Å². The fourth-order valence-electron chi connectivity index (χ4n) is 3.50. The maximum Gasteiger partial charge on any atom is 0.252 e. The number of carbonyl (C=O) groups is 2. The minimum Gasteiger partial charge on any atom is -0.395 e. The zero-order valence-electron chi connectivity index (χ0n) is 16.4. The number of likely N-dealkylation sites (N-methyl/N-ethyl adjacent to an activating group) is 1. The molecule has 8 heteroatoms. The Kier molecular flexibility index (Phi) is 9.11. The number of rotatable bonds is 8. The molecule has 0 saturated heterocycles. The summed E-state index contributed by atoms with van der Waals surface area (Å²) in [6.07, 6.45) is 1.37. The van der Waals surface area contributed by atoms with Gasteiger partial charge in [-0.05, 0) is 36.2 Å². The Morgan fingerprint density at radius 3 is 2.62 bits per heavy atom. The van der Waals surface area contributed by atoms with Crippen molar-refractivity contribution >= 4 is 47.0 Å². The number of fused-ring (bicyclic) bond motifs is 1. The Hall–Kier alpha value is -1.44. The topological polar surface area (TPSA) is 69.6 Å². The van der Waals surface area contributed by atoms with E-state index in [1.54, 1.807) is 23.5 Å². The Balaban J connectivity index is 0.00000300. The lowest BCUT2D eigenvalue weighted by Gasteiger charge is -2.25. The van der Waals surface area contributed by atoms with Gasteiger partial charge in [0.25, 0.3) is 5.91 Å². The van der Waals surface area contributed by atoms with Crippen molar-refractivity contribution in [1.29, 1.82) is 0 Å². The standard InChI is InChI=1S/C21H25ClN2O3S.ClH/c1-2-24-9-7-17-19(13-24)28-18(20(17)21(27)23-8-10-25)12-16(26)11-14-3-5-15(22)6-4-14;/h3-6,25H,2,7-13H2,1H3,(H,23,27);1H. The molecule has 0 fully saturated rings. The zero-order valence-corrected chi connectivity index (χ0v) is 18.8. The van der Waals surface area contributed by atoms with E-state index in [1.165, 1.54) is 4.88 Å². The Morgan fingerprint density at radius 1 is 1.24 bits per heavy atom. The number of thiophene rings is 1. The first-order valence-electron chi connectivity index (χ1n) is 9.52. The summed E-state index contributed by atoms with van der Waals surface area (Å²) in [5.74, 6) is -0.115. The number of aliphatic hydroxyl groups excluding tert-OH is 1. The largest absolute Gasteiger partial charge is 0.395 e. The lowest BCUT2D eigenvalue weighted by Crippen LogP contribution is -2.32. The lowest BCUT2D eigenvalue weighted by molar-refractivity contribution is -0.117. The van der Waals surface area contributed by atoms with Crippen molar-refractivity contribution in [1.82, 2.24) is 10.2 Å². The number of aliphatic hydroxyl groups is 1. The van der Waals surface area contributed by atoms with E-state index >= 15 is 0 Å². The fourth-order valence-corrected chi connectivity index (χ4v) is 5.05. The summed E-state index contributed by atoms with van der Waals surface area (Å²) in [5, 5.41) is 12.4. The molecule has 2 N–H and O–H groups in total. The molecule has 158 valence electrons. The number of hydrogen-bond donors (Lipinski definition) is 2. The monoisotopic (exact) mass is 456 g/mol. The van der Waals surface area contributed by atoms with Gasteiger partial charge in [0, 0.05) is 47.3 Å². The first kappa shape index (κ1) is 23.8. The van der Waals surface area contributed by atoms with E-state index in [9.17, 15) is 9.59 Å². The number of amides is 1. The summed E-state index contributed by atoms with van der Waals surface area (Å²) < 4.78 is 0. The number of hydrogen-bond acceptors (Lipinski definition) is 5. The molecular formula is C21H26Cl2N2O3S. The van der Waals surface area contributed by atoms with Gasteiger partial charge in [0.05, 0.1) is 12.2 Å². The molecule has 0 saturated carbocycles. The number of Topliss-reactive ketones (excluding diaryl/α,β-unsaturated/α-hetero) is 1. The van der Waals surface area contributed by atoms with Crippen molar-refractivity contribution in [2.45, 2.75) is 32.7 Å². The molecule has 0 spiro atoms. The van der Waals surface area contributed by atoms with Gasteiger partial charge < -0.3 is 10.4 Å². The van der Waals surface area contributed by atoms with E-state index < -0.39 is 0 Å². The molecule has 1 aliphatic heterocycles. The molecule has 2 aromatic rings. The van der Waals surface area contributed by atoms with Crippen molar-refractivity contribution < 1.29 is 14.7 Å². The van der Waals surface area contributed by atoms with Crippen LogP contribution in [0.3, 0.4) is 0 Å². The van der Waals surface area contributed by atoms with Gasteiger partial charge in [0.2, 0.25) is 0 Å². The van der Waals surface area contributed by atoms with E-state index in [0.29, 0.717) is 17.0 Å². The van der Waals surface area contributed by atoms with E-state index in [1.807, 2.05) is 12.1 Å². The van der Waals surface area contributed by atoms with E-state index in [2.05, 4.69) is 17.1 Å². The van der Waals surface area contributed by atoms with Gasteiger partial charge in [-0.1, -0.05) is 30.7 Å². The third-order valence-corrected chi connectivity index (χ3v) is 6.42. The van der Waals surface area contributed by atoms with Crippen molar-refractivity contribution in [2.24, 2.45) is 0 Å². The quantitative estimate of drug-likeness (QED) is 0.639. The van der Waals surface area contributed by atoms with Crippen LogP contribution in [0.25, 0.3) is 0 Å². The molecule has 1 amide bonds. The van der Waals surface area contributed by atoms with Gasteiger partial charge in [-0.25, -0.2) is 0 Å². The zero-order chi connectivity index (χ0) is 20.1. The number of carbonyl (C=O) groups excluding carboxylic acids is 2. The third kappa shape index (κ3) is 6.03. The molecule has 0 bridgehead atoms. The third-order valence-electron chi connectivity index (χ3n) is 4.95. The second kappa shape index (κ2) is 11.1. The molecule has 1 aromatic heterocycles. The predicted octanol–water partition coefficient (Wildman–Crippen LogP) is 3.28. The molecule has 0 aliphatic carbocycles. The molecule has 0 unspecified atom stereocenters. The van der Waals surface area contributed by atoms with Crippen LogP contribution in [0.5, 0.6) is 0 Å². The van der Waals surface area contributed by atoms with Crippen molar-refractivity contribution in [3.05, 3.63) is 55.7 Å². The smallest absolute Gasteiger partial charge is 0.252 e. The summed E-state index contributed by atoms with van der Waals surface area (Å²) in [7, 11) is 0. The maximum absolute atomic E-state index is 12.7. The van der Waals surface area contributed by atoms with Crippen molar-refractivity contribution in [2.75, 3.05) is 26.2 Å². The molecule has 1 aromatic carbocycles. The number of ketones is 1. The highest BCUT2D eigenvalue weighted by atomic mass is 35.5. The van der Waals surface area contributed by atoms with E-state index in [0.717, 1.165) is 42.1 Å². The van der Waals surface area contributed by atoms with Crippen LogP contribution in [0.2, 0.25) is 5.02 Å².